The lowest BCUT2D eigenvalue weighted by molar-refractivity contribution is 0.318. The zero-order valence-corrected chi connectivity index (χ0v) is 9.85. The van der Waals surface area contributed by atoms with E-state index in [0.29, 0.717) is 11.4 Å². The Kier molecular flexibility index (Phi) is 3.38. The van der Waals surface area contributed by atoms with Crippen molar-refractivity contribution in [3.8, 4) is 0 Å². The molecule has 18 heavy (non-hydrogen) atoms. The fourth-order valence-corrected chi connectivity index (χ4v) is 1.62. The fourth-order valence-electron chi connectivity index (χ4n) is 1.62. The summed E-state index contributed by atoms with van der Waals surface area (Å²) in [7, 11) is 1.84. The molecule has 0 unspecified atom stereocenters. The minimum Gasteiger partial charge on any atom is -0.409 e. The standard InChI is InChI=1S/C12H13N5O/c1-17(11-8-14-6-7-15-11)10-5-3-2-4-9(10)12(13)16-18/h2-8,18H,1H3,(H2,13,16). The van der Waals surface area contributed by atoms with Crippen LogP contribution >= 0.6 is 0 Å². The van der Waals surface area contributed by atoms with Gasteiger partial charge >= 0.3 is 0 Å². The van der Waals surface area contributed by atoms with Gasteiger partial charge in [0.25, 0.3) is 0 Å². The number of hydrogen-bond acceptors (Lipinski definition) is 5. The second kappa shape index (κ2) is 5.13. The third-order valence-corrected chi connectivity index (χ3v) is 2.54. The first kappa shape index (κ1) is 11.8. The van der Waals surface area contributed by atoms with E-state index in [1.165, 1.54) is 0 Å². The number of nitrogens with two attached hydrogens (primary N) is 1. The van der Waals surface area contributed by atoms with Gasteiger partial charge in [0.1, 0.15) is 0 Å². The zero-order chi connectivity index (χ0) is 13.0. The quantitative estimate of drug-likeness (QED) is 0.367. The molecule has 6 heteroatoms. The maximum absolute atomic E-state index is 8.78. The van der Waals surface area contributed by atoms with Gasteiger partial charge in [-0.15, -0.1) is 0 Å². The van der Waals surface area contributed by atoms with Crippen molar-refractivity contribution in [1.82, 2.24) is 9.97 Å². The highest BCUT2D eigenvalue weighted by molar-refractivity contribution is 6.02. The van der Waals surface area contributed by atoms with Crippen LogP contribution in [0.2, 0.25) is 0 Å². The van der Waals surface area contributed by atoms with Crippen molar-refractivity contribution < 1.29 is 5.21 Å². The summed E-state index contributed by atoms with van der Waals surface area (Å²) in [5.74, 6) is 0.733. The molecule has 0 fully saturated rings. The highest BCUT2D eigenvalue weighted by atomic mass is 16.4. The van der Waals surface area contributed by atoms with Crippen LogP contribution in [0.5, 0.6) is 0 Å². The van der Waals surface area contributed by atoms with Crippen LogP contribution in [0.3, 0.4) is 0 Å². The minimum absolute atomic E-state index is 0.0568. The van der Waals surface area contributed by atoms with Crippen LogP contribution in [0.25, 0.3) is 0 Å². The van der Waals surface area contributed by atoms with Gasteiger partial charge in [-0.05, 0) is 12.1 Å². The first-order valence-corrected chi connectivity index (χ1v) is 5.30. The van der Waals surface area contributed by atoms with Crippen molar-refractivity contribution >= 4 is 17.3 Å². The molecular weight excluding hydrogens is 230 g/mol. The van der Waals surface area contributed by atoms with E-state index < -0.39 is 0 Å². The zero-order valence-electron chi connectivity index (χ0n) is 9.85. The smallest absolute Gasteiger partial charge is 0.172 e. The molecule has 0 spiro atoms. The summed E-state index contributed by atoms with van der Waals surface area (Å²) in [6.07, 6.45) is 4.85. The van der Waals surface area contributed by atoms with Gasteiger partial charge in [-0.2, -0.15) is 0 Å². The van der Waals surface area contributed by atoms with Crippen LogP contribution in [0.4, 0.5) is 11.5 Å². The SMILES string of the molecule is CN(c1cnccn1)c1ccccc1C(N)=NO. The van der Waals surface area contributed by atoms with Crippen LogP contribution in [0, 0.1) is 0 Å². The lowest BCUT2D eigenvalue weighted by Gasteiger charge is -2.20. The van der Waals surface area contributed by atoms with Crippen molar-refractivity contribution in [3.05, 3.63) is 48.4 Å². The molecule has 0 saturated carbocycles. The molecule has 0 aliphatic rings. The molecule has 1 aromatic heterocycles. The summed E-state index contributed by atoms with van der Waals surface area (Å²) in [5, 5.41) is 11.8. The van der Waals surface area contributed by atoms with Crippen LogP contribution in [0.1, 0.15) is 5.56 Å². The topological polar surface area (TPSA) is 87.6 Å². The van der Waals surface area contributed by atoms with Crippen molar-refractivity contribution in [2.24, 2.45) is 10.9 Å². The molecule has 92 valence electrons. The van der Waals surface area contributed by atoms with Gasteiger partial charge in [-0.25, -0.2) is 4.98 Å². The first-order valence-electron chi connectivity index (χ1n) is 5.30. The Hall–Kier alpha value is -2.63. The number of para-hydroxylation sites is 1. The third kappa shape index (κ3) is 2.22. The van der Waals surface area contributed by atoms with Gasteiger partial charge in [-0.3, -0.25) is 4.98 Å². The molecule has 0 radical (unpaired) electrons. The number of oxime groups is 1. The van der Waals surface area contributed by atoms with Gasteiger partial charge in [0, 0.05) is 25.0 Å². The maximum Gasteiger partial charge on any atom is 0.172 e. The summed E-state index contributed by atoms with van der Waals surface area (Å²) in [4.78, 5) is 10.0. The molecule has 0 atom stereocenters. The van der Waals surface area contributed by atoms with E-state index in [1.807, 2.05) is 30.1 Å². The molecule has 6 nitrogen and oxygen atoms in total. The molecule has 3 N–H and O–H groups in total. The number of nitrogens with zero attached hydrogens (tertiary/aromatic N) is 4. The van der Waals surface area contributed by atoms with Gasteiger partial charge in [0.15, 0.2) is 11.7 Å². The average molecular weight is 243 g/mol. The summed E-state index contributed by atoms with van der Waals surface area (Å²) < 4.78 is 0. The first-order chi connectivity index (χ1) is 8.74. The third-order valence-electron chi connectivity index (χ3n) is 2.54. The van der Waals surface area contributed by atoms with E-state index in [-0.39, 0.29) is 5.84 Å². The van der Waals surface area contributed by atoms with Crippen LogP contribution in [-0.4, -0.2) is 28.1 Å². The number of benzene rings is 1. The summed E-state index contributed by atoms with van der Waals surface area (Å²) in [6, 6.07) is 7.33. The number of anilines is 2. The predicted octanol–water partition coefficient (Wildman–Crippen LogP) is 1.34. The van der Waals surface area contributed by atoms with Crippen molar-refractivity contribution in [2.75, 3.05) is 11.9 Å². The normalized spacial score (nSPS) is 11.3. The molecule has 0 aliphatic heterocycles. The Morgan fingerprint density at radius 2 is 2.11 bits per heavy atom. The molecule has 0 amide bonds. The van der Waals surface area contributed by atoms with E-state index in [9.17, 15) is 0 Å². The Morgan fingerprint density at radius 1 is 1.33 bits per heavy atom. The van der Waals surface area contributed by atoms with E-state index in [0.717, 1.165) is 5.69 Å². The Bertz CT molecular complexity index is 555. The molecule has 1 heterocycles. The maximum atomic E-state index is 8.78. The van der Waals surface area contributed by atoms with Crippen molar-refractivity contribution in [3.63, 3.8) is 0 Å². The average Bonchev–Trinajstić information content (AvgIpc) is 2.46. The molecule has 2 rings (SSSR count). The largest absolute Gasteiger partial charge is 0.409 e. The fraction of sp³-hybridized carbons (Fsp3) is 0.0833. The van der Waals surface area contributed by atoms with Gasteiger partial charge in [0.2, 0.25) is 0 Å². The van der Waals surface area contributed by atoms with E-state index in [1.54, 1.807) is 24.7 Å². The number of rotatable bonds is 3. The number of aromatic nitrogens is 2. The van der Waals surface area contributed by atoms with Crippen LogP contribution < -0.4 is 10.6 Å². The summed E-state index contributed by atoms with van der Waals surface area (Å²) >= 11 is 0. The van der Waals surface area contributed by atoms with Crippen LogP contribution in [-0.2, 0) is 0 Å². The molecule has 0 bridgehead atoms. The van der Waals surface area contributed by atoms with E-state index >= 15 is 0 Å². The van der Waals surface area contributed by atoms with Crippen molar-refractivity contribution in [1.29, 1.82) is 0 Å². The molecule has 1 aromatic carbocycles. The molecule has 2 aromatic rings. The summed E-state index contributed by atoms with van der Waals surface area (Å²) in [5.41, 5.74) is 7.07. The number of amidine groups is 1. The molecule has 0 aliphatic carbocycles. The lowest BCUT2D eigenvalue weighted by Crippen LogP contribution is -2.20. The highest BCUT2D eigenvalue weighted by Crippen LogP contribution is 2.24. The highest BCUT2D eigenvalue weighted by Gasteiger charge is 2.12. The Balaban J connectivity index is 2.46. The molecular formula is C12H13N5O. The Morgan fingerprint density at radius 3 is 2.78 bits per heavy atom. The summed E-state index contributed by atoms with van der Waals surface area (Å²) in [6.45, 7) is 0. The van der Waals surface area contributed by atoms with Crippen molar-refractivity contribution in [2.45, 2.75) is 0 Å². The van der Waals surface area contributed by atoms with Gasteiger partial charge < -0.3 is 15.8 Å². The lowest BCUT2D eigenvalue weighted by atomic mass is 10.1. The molecule has 0 saturated heterocycles. The van der Waals surface area contributed by atoms with Gasteiger partial charge in [0.05, 0.1) is 11.9 Å². The second-order valence-corrected chi connectivity index (χ2v) is 3.63. The Labute approximate surface area is 104 Å². The number of hydrogen-bond donors (Lipinski definition) is 2. The second-order valence-electron chi connectivity index (χ2n) is 3.63. The monoisotopic (exact) mass is 243 g/mol. The minimum atomic E-state index is 0.0568. The predicted molar refractivity (Wildman–Crippen MR) is 69.0 cm³/mol. The van der Waals surface area contributed by atoms with Crippen LogP contribution in [0.15, 0.2) is 48.0 Å². The van der Waals surface area contributed by atoms with E-state index in [2.05, 4.69) is 15.1 Å². The van der Waals surface area contributed by atoms with E-state index in [4.69, 9.17) is 10.9 Å². The van der Waals surface area contributed by atoms with Gasteiger partial charge in [-0.1, -0.05) is 17.3 Å².